The minimum atomic E-state index is 0.0662. The van der Waals surface area contributed by atoms with Crippen LogP contribution in [-0.4, -0.2) is 26.1 Å². The fourth-order valence-electron chi connectivity index (χ4n) is 3.87. The molecule has 0 unspecified atom stereocenters. The molecule has 4 nitrogen and oxygen atoms in total. The predicted molar refractivity (Wildman–Crippen MR) is 114 cm³/mol. The normalized spacial score (nSPS) is 16.1. The highest BCUT2D eigenvalue weighted by molar-refractivity contribution is 7.80. The monoisotopic (exact) mass is 376 g/mol. The van der Waals surface area contributed by atoms with Crippen molar-refractivity contribution in [3.05, 3.63) is 83.4 Å². The second-order valence-corrected chi connectivity index (χ2v) is 7.29. The lowest BCUT2D eigenvalue weighted by Crippen LogP contribution is -2.44. The summed E-state index contributed by atoms with van der Waals surface area (Å²) in [5, 5.41) is 4.31. The highest BCUT2D eigenvalue weighted by atomic mass is 32.1. The van der Waals surface area contributed by atoms with Crippen molar-refractivity contribution < 1.29 is 0 Å². The van der Waals surface area contributed by atoms with Gasteiger partial charge in [0.15, 0.2) is 5.11 Å². The Balaban J connectivity index is 1.69. The van der Waals surface area contributed by atoms with Crippen LogP contribution in [0.4, 0.5) is 5.69 Å². The quantitative estimate of drug-likeness (QED) is 0.680. The molecule has 138 valence electrons. The Hall–Kier alpha value is -2.66. The van der Waals surface area contributed by atoms with Crippen LogP contribution in [0.1, 0.15) is 35.3 Å². The molecule has 1 aliphatic heterocycles. The van der Waals surface area contributed by atoms with Crippen molar-refractivity contribution >= 4 is 23.0 Å². The van der Waals surface area contributed by atoms with E-state index in [1.54, 1.807) is 0 Å². The van der Waals surface area contributed by atoms with E-state index in [1.807, 2.05) is 18.5 Å². The van der Waals surface area contributed by atoms with E-state index < -0.39 is 0 Å². The molecular weight excluding hydrogens is 352 g/mol. The molecule has 3 heterocycles. The van der Waals surface area contributed by atoms with Gasteiger partial charge in [-0.25, -0.2) is 0 Å². The van der Waals surface area contributed by atoms with Crippen LogP contribution >= 0.6 is 12.2 Å². The lowest BCUT2D eigenvalue weighted by Gasteiger charge is -2.39. The fourth-order valence-corrected chi connectivity index (χ4v) is 4.17. The summed E-state index contributed by atoms with van der Waals surface area (Å²) in [5.74, 6) is 0. The van der Waals surface area contributed by atoms with Crippen LogP contribution in [-0.2, 0) is 13.0 Å². The van der Waals surface area contributed by atoms with Gasteiger partial charge in [0.2, 0.25) is 0 Å². The summed E-state index contributed by atoms with van der Waals surface area (Å²) in [6.07, 6.45) is 6.87. The van der Waals surface area contributed by atoms with Crippen molar-refractivity contribution in [3.8, 4) is 0 Å². The van der Waals surface area contributed by atoms with Gasteiger partial charge < -0.3 is 14.8 Å². The number of anilines is 1. The number of fused-ring (bicyclic) bond motifs is 1. The van der Waals surface area contributed by atoms with Crippen molar-refractivity contribution in [1.82, 2.24) is 14.5 Å². The van der Waals surface area contributed by atoms with Gasteiger partial charge in [-0.1, -0.05) is 31.2 Å². The zero-order chi connectivity index (χ0) is 18.8. The smallest absolute Gasteiger partial charge is 0.174 e. The lowest BCUT2D eigenvalue weighted by atomic mass is 10.0. The van der Waals surface area contributed by atoms with Crippen LogP contribution in [0.5, 0.6) is 0 Å². The number of thiocarbonyl (C=S) groups is 1. The third kappa shape index (κ3) is 3.35. The molecule has 1 atom stereocenters. The zero-order valence-electron chi connectivity index (χ0n) is 15.7. The minimum absolute atomic E-state index is 0.0662. The molecule has 0 saturated heterocycles. The summed E-state index contributed by atoms with van der Waals surface area (Å²) in [6, 6.07) is 14.9. The van der Waals surface area contributed by atoms with E-state index in [0.29, 0.717) is 0 Å². The highest BCUT2D eigenvalue weighted by Gasteiger charge is 2.30. The van der Waals surface area contributed by atoms with E-state index in [9.17, 15) is 0 Å². The predicted octanol–water partition coefficient (Wildman–Crippen LogP) is 4.56. The molecule has 3 aromatic rings. The number of aromatic nitrogens is 2. The second-order valence-electron chi connectivity index (χ2n) is 6.90. The largest absolute Gasteiger partial charge is 0.348 e. The summed E-state index contributed by atoms with van der Waals surface area (Å²) >= 11 is 5.89. The molecule has 0 aliphatic carbocycles. The van der Waals surface area contributed by atoms with Gasteiger partial charge in [0.1, 0.15) is 0 Å². The van der Waals surface area contributed by atoms with Gasteiger partial charge in [0, 0.05) is 43.1 Å². The molecule has 2 aromatic heterocycles. The van der Waals surface area contributed by atoms with E-state index in [2.05, 4.69) is 76.2 Å². The van der Waals surface area contributed by atoms with Crippen molar-refractivity contribution in [2.45, 2.75) is 32.9 Å². The van der Waals surface area contributed by atoms with Crippen molar-refractivity contribution in [3.63, 3.8) is 0 Å². The number of aryl methyl sites for hydroxylation is 2. The lowest BCUT2D eigenvalue weighted by molar-refractivity contribution is 0.293. The molecule has 5 heteroatoms. The molecule has 1 aromatic carbocycles. The van der Waals surface area contributed by atoms with Crippen LogP contribution in [0, 0.1) is 6.92 Å². The summed E-state index contributed by atoms with van der Waals surface area (Å²) in [7, 11) is 0. The number of para-hydroxylation sites is 1. The molecule has 0 saturated carbocycles. The van der Waals surface area contributed by atoms with Crippen LogP contribution in [0.25, 0.3) is 0 Å². The number of hydrogen-bond donors (Lipinski definition) is 1. The van der Waals surface area contributed by atoms with E-state index in [1.165, 1.54) is 16.8 Å². The molecule has 0 fully saturated rings. The zero-order valence-corrected chi connectivity index (χ0v) is 16.5. The Morgan fingerprint density at radius 1 is 1.19 bits per heavy atom. The Bertz CT molecular complexity index is 948. The third-order valence-corrected chi connectivity index (χ3v) is 5.61. The first kappa shape index (κ1) is 17.7. The van der Waals surface area contributed by atoms with Gasteiger partial charge in [-0.3, -0.25) is 4.98 Å². The Morgan fingerprint density at radius 2 is 2.07 bits per heavy atom. The maximum absolute atomic E-state index is 5.89. The van der Waals surface area contributed by atoms with Crippen LogP contribution in [0.15, 0.2) is 61.1 Å². The summed E-state index contributed by atoms with van der Waals surface area (Å²) < 4.78 is 2.31. The van der Waals surface area contributed by atoms with E-state index in [4.69, 9.17) is 12.2 Å². The number of benzene rings is 1. The molecule has 0 bridgehead atoms. The van der Waals surface area contributed by atoms with E-state index >= 15 is 0 Å². The summed E-state index contributed by atoms with van der Waals surface area (Å²) in [6.45, 7) is 6.09. The number of pyridine rings is 1. The summed E-state index contributed by atoms with van der Waals surface area (Å²) in [4.78, 5) is 6.62. The fraction of sp³-hybridized carbons (Fsp3) is 0.273. The first-order valence-electron chi connectivity index (χ1n) is 9.40. The number of rotatable bonds is 3. The molecular formula is C22H24N4S. The van der Waals surface area contributed by atoms with Gasteiger partial charge >= 0.3 is 0 Å². The number of nitrogens with zero attached hydrogens (tertiary/aromatic N) is 3. The van der Waals surface area contributed by atoms with Gasteiger partial charge in [0.25, 0.3) is 0 Å². The van der Waals surface area contributed by atoms with Gasteiger partial charge in [0.05, 0.1) is 6.04 Å². The second kappa shape index (κ2) is 7.53. The average molecular weight is 377 g/mol. The first-order valence-corrected chi connectivity index (χ1v) is 9.81. The van der Waals surface area contributed by atoms with Crippen LogP contribution < -0.4 is 5.32 Å². The third-order valence-electron chi connectivity index (χ3n) is 5.27. The first-order chi connectivity index (χ1) is 13.2. The Kier molecular flexibility index (Phi) is 4.94. The molecule has 0 amide bonds. The number of nitrogens with one attached hydrogen (secondary N) is 1. The van der Waals surface area contributed by atoms with Crippen LogP contribution in [0.2, 0.25) is 0 Å². The van der Waals surface area contributed by atoms with E-state index in [-0.39, 0.29) is 6.04 Å². The van der Waals surface area contributed by atoms with Gasteiger partial charge in [-0.05, 0) is 60.5 Å². The van der Waals surface area contributed by atoms with Gasteiger partial charge in [-0.15, -0.1) is 0 Å². The standard InChI is InChI=1S/C22H24N4S/c1-3-17-8-4-7-16(2)20(17)24-22(27)26-14-13-25-12-6-10-19(25)21(26)18-9-5-11-23-15-18/h4-12,15,21H,3,13-14H2,1-2H3,(H,24,27)/t21-/m1/s1. The van der Waals surface area contributed by atoms with Crippen molar-refractivity contribution in [1.29, 1.82) is 0 Å². The molecule has 0 spiro atoms. The summed E-state index contributed by atoms with van der Waals surface area (Å²) in [5.41, 5.74) is 6.04. The molecule has 1 aliphatic rings. The van der Waals surface area contributed by atoms with Crippen molar-refractivity contribution in [2.75, 3.05) is 11.9 Å². The van der Waals surface area contributed by atoms with Gasteiger partial charge in [-0.2, -0.15) is 0 Å². The molecule has 4 rings (SSSR count). The van der Waals surface area contributed by atoms with Crippen molar-refractivity contribution in [2.24, 2.45) is 0 Å². The van der Waals surface area contributed by atoms with Crippen LogP contribution in [0.3, 0.4) is 0 Å². The Morgan fingerprint density at radius 3 is 2.85 bits per heavy atom. The maximum atomic E-state index is 5.89. The highest BCUT2D eigenvalue weighted by Crippen LogP contribution is 2.33. The topological polar surface area (TPSA) is 33.1 Å². The molecule has 27 heavy (non-hydrogen) atoms. The molecule has 1 N–H and O–H groups in total. The Labute approximate surface area is 165 Å². The van der Waals surface area contributed by atoms with E-state index in [0.717, 1.165) is 35.9 Å². The average Bonchev–Trinajstić information content (AvgIpc) is 3.18. The minimum Gasteiger partial charge on any atom is -0.348 e. The number of hydrogen-bond acceptors (Lipinski definition) is 2. The maximum Gasteiger partial charge on any atom is 0.174 e. The SMILES string of the molecule is CCc1cccc(C)c1NC(=S)N1CCn2cccc2[C@H]1c1cccnc1. The molecule has 0 radical (unpaired) electrons.